The number of nitrogens with zero attached hydrogens (tertiary/aromatic N) is 3. The van der Waals surface area contributed by atoms with Crippen LogP contribution in [0.3, 0.4) is 0 Å². The molecule has 1 aliphatic heterocycles. The van der Waals surface area contributed by atoms with Crippen LogP contribution in [-0.4, -0.2) is 45.3 Å². The molecule has 0 saturated carbocycles. The third kappa shape index (κ3) is 4.39. The molecule has 1 amide bonds. The highest BCUT2D eigenvalue weighted by Gasteiger charge is 2.26. The van der Waals surface area contributed by atoms with Gasteiger partial charge in [-0.1, -0.05) is 11.3 Å². The summed E-state index contributed by atoms with van der Waals surface area (Å²) < 4.78 is 38.6. The van der Waals surface area contributed by atoms with Crippen molar-refractivity contribution in [3.63, 3.8) is 0 Å². The van der Waals surface area contributed by atoms with Gasteiger partial charge in [-0.3, -0.25) is 9.52 Å². The molecule has 2 heterocycles. The Morgan fingerprint density at radius 3 is 2.44 bits per heavy atom. The lowest BCUT2D eigenvalue weighted by atomic mass is 10.0. The summed E-state index contributed by atoms with van der Waals surface area (Å²) >= 11 is 1.16. The number of fused-ring (bicyclic) bond motifs is 1. The monoisotopic (exact) mass is 474 g/mol. The molecule has 0 fully saturated rings. The van der Waals surface area contributed by atoms with Crippen LogP contribution in [0, 0.1) is 6.92 Å². The molecule has 3 aromatic rings. The number of anilines is 2. The molecule has 0 spiro atoms. The van der Waals surface area contributed by atoms with Crippen molar-refractivity contribution in [2.75, 3.05) is 30.4 Å². The summed E-state index contributed by atoms with van der Waals surface area (Å²) in [5, 5.41) is 8.52. The fraction of sp³-hybridized carbons (Fsp3) is 0.286. The zero-order valence-electron chi connectivity index (χ0n) is 17.8. The topological polar surface area (TPSA) is 111 Å². The van der Waals surface area contributed by atoms with E-state index in [9.17, 15) is 13.2 Å². The first-order valence-electron chi connectivity index (χ1n) is 9.81. The largest absolute Gasteiger partial charge is 0.497 e. The second-order valence-electron chi connectivity index (χ2n) is 7.18. The summed E-state index contributed by atoms with van der Waals surface area (Å²) in [6.45, 7) is 2.28. The number of nitrogens with one attached hydrogen (secondary N) is 1. The normalized spacial score (nSPS) is 13.4. The van der Waals surface area contributed by atoms with Gasteiger partial charge in [0.25, 0.3) is 15.9 Å². The van der Waals surface area contributed by atoms with Gasteiger partial charge in [-0.25, -0.2) is 8.42 Å². The lowest BCUT2D eigenvalue weighted by Crippen LogP contribution is -2.35. The number of ether oxygens (including phenoxy) is 2. The number of amides is 1. The number of aromatic nitrogens is 2. The molecule has 0 bridgehead atoms. The van der Waals surface area contributed by atoms with Gasteiger partial charge in [0.05, 0.1) is 19.1 Å². The minimum absolute atomic E-state index is 0.112. The minimum Gasteiger partial charge on any atom is -0.497 e. The minimum atomic E-state index is -3.82. The van der Waals surface area contributed by atoms with Crippen LogP contribution in [0.4, 0.5) is 10.8 Å². The maximum atomic E-state index is 13.3. The molecule has 2 aromatic carbocycles. The smallest absolute Gasteiger partial charge is 0.263 e. The number of hydrogen-bond acceptors (Lipinski definition) is 8. The fourth-order valence-corrected chi connectivity index (χ4v) is 5.42. The molecular weight excluding hydrogens is 452 g/mol. The lowest BCUT2D eigenvalue weighted by molar-refractivity contribution is 0.0984. The first-order chi connectivity index (χ1) is 15.3. The quantitative estimate of drug-likeness (QED) is 0.584. The molecule has 1 aliphatic rings. The van der Waals surface area contributed by atoms with E-state index in [0.717, 1.165) is 16.9 Å². The van der Waals surface area contributed by atoms with Crippen molar-refractivity contribution in [1.82, 2.24) is 10.2 Å². The van der Waals surface area contributed by atoms with Gasteiger partial charge in [0.15, 0.2) is 0 Å². The third-order valence-corrected chi connectivity index (χ3v) is 7.29. The van der Waals surface area contributed by atoms with Crippen LogP contribution in [0.2, 0.25) is 0 Å². The van der Waals surface area contributed by atoms with Crippen molar-refractivity contribution in [3.8, 4) is 11.5 Å². The van der Waals surface area contributed by atoms with E-state index < -0.39 is 10.0 Å². The number of aryl methyl sites for hydroxylation is 2. The van der Waals surface area contributed by atoms with Gasteiger partial charge in [-0.2, -0.15) is 0 Å². The second-order valence-corrected chi connectivity index (χ2v) is 10.0. The number of carbonyl (C=O) groups excluding carboxylic acids is 1. The third-order valence-electron chi connectivity index (χ3n) is 5.07. The van der Waals surface area contributed by atoms with Crippen molar-refractivity contribution in [3.05, 3.63) is 52.5 Å². The molecule has 4 rings (SSSR count). The van der Waals surface area contributed by atoms with Gasteiger partial charge in [0, 0.05) is 23.9 Å². The van der Waals surface area contributed by atoms with Crippen molar-refractivity contribution < 1.29 is 22.7 Å². The average Bonchev–Trinajstić information content (AvgIpc) is 3.20. The number of rotatable bonds is 6. The summed E-state index contributed by atoms with van der Waals surface area (Å²) in [5.74, 6) is 0.829. The first-order valence-corrected chi connectivity index (χ1v) is 12.1. The SMILES string of the molecule is COc1cc(OC)cc(C(=O)N2CCCc3cc(S(=O)(=O)Nc4nnc(C)s4)ccc32)c1. The van der Waals surface area contributed by atoms with Gasteiger partial charge in [-0.15, -0.1) is 10.2 Å². The molecule has 11 heteroatoms. The van der Waals surface area contributed by atoms with E-state index in [1.54, 1.807) is 42.2 Å². The number of carbonyl (C=O) groups is 1. The van der Waals surface area contributed by atoms with Crippen LogP contribution in [0.25, 0.3) is 0 Å². The molecule has 0 radical (unpaired) electrons. The molecular formula is C21H22N4O5S2. The zero-order valence-corrected chi connectivity index (χ0v) is 19.4. The van der Waals surface area contributed by atoms with Gasteiger partial charge < -0.3 is 14.4 Å². The number of methoxy groups -OCH3 is 2. The Hall–Kier alpha value is -3.18. The molecule has 32 heavy (non-hydrogen) atoms. The van der Waals surface area contributed by atoms with E-state index in [-0.39, 0.29) is 15.9 Å². The number of sulfonamides is 1. The number of benzene rings is 2. The van der Waals surface area contributed by atoms with Crippen molar-refractivity contribution >= 4 is 38.1 Å². The van der Waals surface area contributed by atoms with Crippen LogP contribution >= 0.6 is 11.3 Å². The van der Waals surface area contributed by atoms with E-state index >= 15 is 0 Å². The van der Waals surface area contributed by atoms with Crippen LogP contribution in [0.5, 0.6) is 11.5 Å². The predicted octanol–water partition coefficient (Wildman–Crippen LogP) is 3.26. The molecule has 9 nitrogen and oxygen atoms in total. The molecule has 168 valence electrons. The van der Waals surface area contributed by atoms with Crippen LogP contribution in [0.1, 0.15) is 27.3 Å². The molecule has 1 aromatic heterocycles. The van der Waals surface area contributed by atoms with E-state index in [1.807, 2.05) is 0 Å². The van der Waals surface area contributed by atoms with Crippen LogP contribution in [0.15, 0.2) is 41.3 Å². The maximum Gasteiger partial charge on any atom is 0.263 e. The first kappa shape index (κ1) is 22.0. The lowest BCUT2D eigenvalue weighted by Gasteiger charge is -2.30. The van der Waals surface area contributed by atoms with E-state index in [1.165, 1.54) is 20.3 Å². The Balaban J connectivity index is 1.64. The number of hydrogen-bond donors (Lipinski definition) is 1. The van der Waals surface area contributed by atoms with Gasteiger partial charge in [0.1, 0.15) is 16.5 Å². The highest BCUT2D eigenvalue weighted by molar-refractivity contribution is 7.93. The zero-order chi connectivity index (χ0) is 22.9. The summed E-state index contributed by atoms with van der Waals surface area (Å²) in [6.07, 6.45) is 1.38. The summed E-state index contributed by atoms with van der Waals surface area (Å²) in [6, 6.07) is 9.79. The fourth-order valence-electron chi connectivity index (χ4n) is 3.55. The molecule has 0 unspecified atom stereocenters. The summed E-state index contributed by atoms with van der Waals surface area (Å²) in [5.41, 5.74) is 1.91. The Kier molecular flexibility index (Phi) is 6.02. The average molecular weight is 475 g/mol. The summed E-state index contributed by atoms with van der Waals surface area (Å²) in [7, 11) is -0.768. The molecule has 0 atom stereocenters. The Labute approximate surface area is 190 Å². The summed E-state index contributed by atoms with van der Waals surface area (Å²) in [4.78, 5) is 15.1. The Morgan fingerprint density at radius 2 is 1.81 bits per heavy atom. The predicted molar refractivity (Wildman–Crippen MR) is 121 cm³/mol. The second kappa shape index (κ2) is 8.75. The maximum absolute atomic E-state index is 13.3. The molecule has 0 saturated heterocycles. The highest BCUT2D eigenvalue weighted by atomic mass is 32.2. The standard InChI is InChI=1S/C21H22N4O5S2/c1-13-22-23-21(31-13)24-32(27,28)18-6-7-19-14(11-18)5-4-8-25(19)20(26)15-9-16(29-2)12-17(10-15)30-3/h6-7,9-12H,4-5,8H2,1-3H3,(H,23,24). The van der Waals surface area contributed by atoms with Gasteiger partial charge in [0.2, 0.25) is 5.13 Å². The van der Waals surface area contributed by atoms with E-state index in [0.29, 0.717) is 47.1 Å². The van der Waals surface area contributed by atoms with Crippen LogP contribution in [-0.2, 0) is 16.4 Å². The Bertz CT molecular complexity index is 1250. The highest BCUT2D eigenvalue weighted by Crippen LogP contribution is 2.32. The van der Waals surface area contributed by atoms with Crippen molar-refractivity contribution in [2.45, 2.75) is 24.7 Å². The van der Waals surface area contributed by atoms with E-state index in [2.05, 4.69) is 14.9 Å². The van der Waals surface area contributed by atoms with Gasteiger partial charge >= 0.3 is 0 Å². The molecule has 1 N–H and O–H groups in total. The molecule has 0 aliphatic carbocycles. The Morgan fingerprint density at radius 1 is 1.09 bits per heavy atom. The van der Waals surface area contributed by atoms with Crippen molar-refractivity contribution in [2.24, 2.45) is 0 Å². The van der Waals surface area contributed by atoms with Gasteiger partial charge in [-0.05, 0) is 55.7 Å². The van der Waals surface area contributed by atoms with Crippen LogP contribution < -0.4 is 19.1 Å². The van der Waals surface area contributed by atoms with Crippen molar-refractivity contribution in [1.29, 1.82) is 0 Å². The van der Waals surface area contributed by atoms with E-state index in [4.69, 9.17) is 9.47 Å².